The van der Waals surface area contributed by atoms with Crippen molar-refractivity contribution in [3.63, 3.8) is 0 Å². The van der Waals surface area contributed by atoms with Crippen LogP contribution in [0.5, 0.6) is 5.75 Å². The molecular weight excluding hydrogens is 272 g/mol. The highest BCUT2D eigenvalue weighted by molar-refractivity contribution is 6.32. The summed E-state index contributed by atoms with van der Waals surface area (Å²) < 4.78 is 0. The van der Waals surface area contributed by atoms with E-state index >= 15 is 0 Å². The van der Waals surface area contributed by atoms with Crippen LogP contribution in [0.4, 0.5) is 0 Å². The molecule has 110 valence electrons. The normalized spacial score (nSPS) is 37.5. The van der Waals surface area contributed by atoms with Gasteiger partial charge in [-0.3, -0.25) is 0 Å². The minimum Gasteiger partial charge on any atom is -0.506 e. The van der Waals surface area contributed by atoms with Gasteiger partial charge in [0.05, 0.1) is 11.1 Å². The van der Waals surface area contributed by atoms with Crippen LogP contribution in [0.2, 0.25) is 5.02 Å². The van der Waals surface area contributed by atoms with E-state index in [1.54, 1.807) is 6.07 Å². The Hall–Kier alpha value is -0.730. The van der Waals surface area contributed by atoms with Crippen LogP contribution in [0.25, 0.3) is 0 Å². The second-order valence-corrected chi connectivity index (χ2v) is 7.24. The van der Waals surface area contributed by atoms with Crippen LogP contribution < -0.4 is 0 Å². The average molecular weight is 295 g/mol. The summed E-state index contributed by atoms with van der Waals surface area (Å²) in [6, 6.07) is 5.60. The van der Waals surface area contributed by atoms with Crippen molar-refractivity contribution < 1.29 is 10.2 Å². The molecule has 2 saturated carbocycles. The van der Waals surface area contributed by atoms with Crippen molar-refractivity contribution in [3.05, 3.63) is 28.8 Å². The van der Waals surface area contributed by atoms with Crippen molar-refractivity contribution in [3.8, 4) is 5.75 Å². The number of aliphatic hydroxyl groups is 1. The predicted molar refractivity (Wildman–Crippen MR) is 81.2 cm³/mol. The summed E-state index contributed by atoms with van der Waals surface area (Å²) >= 11 is 6.03. The van der Waals surface area contributed by atoms with E-state index in [0.29, 0.717) is 16.9 Å². The number of hydrogen-bond acceptors (Lipinski definition) is 2. The van der Waals surface area contributed by atoms with Crippen molar-refractivity contribution in [2.75, 3.05) is 0 Å². The third-order valence-electron chi connectivity index (χ3n) is 5.77. The molecule has 2 aliphatic rings. The summed E-state index contributed by atoms with van der Waals surface area (Å²) in [4.78, 5) is 0. The number of phenols is 1. The highest BCUT2D eigenvalue weighted by Gasteiger charge is 2.46. The number of aliphatic hydroxyl groups excluding tert-OH is 1. The van der Waals surface area contributed by atoms with E-state index in [0.717, 1.165) is 32.1 Å². The lowest BCUT2D eigenvalue weighted by molar-refractivity contribution is -0.0694. The van der Waals surface area contributed by atoms with Crippen molar-refractivity contribution in [2.45, 2.75) is 57.5 Å². The summed E-state index contributed by atoms with van der Waals surface area (Å²) in [5.74, 6) is 1.28. The molecular formula is C17H23ClO2. The molecule has 0 aromatic heterocycles. The van der Waals surface area contributed by atoms with E-state index in [-0.39, 0.29) is 17.3 Å². The topological polar surface area (TPSA) is 40.5 Å². The van der Waals surface area contributed by atoms with Crippen LogP contribution in [-0.4, -0.2) is 16.3 Å². The Balaban J connectivity index is 1.80. The SMILES string of the molecule is C[C@]12CC[C@H](c3ccc(O)c(Cl)c3)C[C@@H]1CCC[C@@H]2O. The minimum atomic E-state index is -0.134. The number of fused-ring (bicyclic) bond motifs is 1. The van der Waals surface area contributed by atoms with E-state index < -0.39 is 0 Å². The van der Waals surface area contributed by atoms with Gasteiger partial charge in [-0.15, -0.1) is 0 Å². The first-order valence-corrected chi connectivity index (χ1v) is 8.05. The first-order chi connectivity index (χ1) is 9.50. The molecule has 0 saturated heterocycles. The third kappa shape index (κ3) is 2.33. The Morgan fingerprint density at radius 3 is 2.80 bits per heavy atom. The Morgan fingerprint density at radius 2 is 2.05 bits per heavy atom. The number of halogens is 1. The zero-order valence-electron chi connectivity index (χ0n) is 12.0. The van der Waals surface area contributed by atoms with Gasteiger partial charge >= 0.3 is 0 Å². The van der Waals surface area contributed by atoms with E-state index in [1.807, 2.05) is 12.1 Å². The van der Waals surface area contributed by atoms with Gasteiger partial charge in [0.1, 0.15) is 5.75 Å². The molecule has 2 fully saturated rings. The minimum absolute atomic E-state index is 0.107. The number of aromatic hydroxyl groups is 1. The summed E-state index contributed by atoms with van der Waals surface area (Å²) in [5.41, 5.74) is 1.34. The first kappa shape index (κ1) is 14.2. The summed E-state index contributed by atoms with van der Waals surface area (Å²) in [5, 5.41) is 20.3. The van der Waals surface area contributed by atoms with Crippen molar-refractivity contribution in [1.29, 1.82) is 0 Å². The number of hydrogen-bond donors (Lipinski definition) is 2. The molecule has 0 radical (unpaired) electrons. The molecule has 1 aromatic carbocycles. The lowest BCUT2D eigenvalue weighted by Gasteiger charge is -2.50. The Morgan fingerprint density at radius 1 is 1.25 bits per heavy atom. The fourth-order valence-electron chi connectivity index (χ4n) is 4.27. The smallest absolute Gasteiger partial charge is 0.134 e. The summed E-state index contributed by atoms with van der Waals surface area (Å²) in [6.07, 6.45) is 6.52. The van der Waals surface area contributed by atoms with E-state index in [9.17, 15) is 10.2 Å². The third-order valence-corrected chi connectivity index (χ3v) is 6.07. The van der Waals surface area contributed by atoms with Gasteiger partial charge < -0.3 is 10.2 Å². The fraction of sp³-hybridized carbons (Fsp3) is 0.647. The molecule has 0 heterocycles. The maximum atomic E-state index is 10.3. The van der Waals surface area contributed by atoms with E-state index in [1.165, 1.54) is 12.0 Å². The van der Waals surface area contributed by atoms with Crippen molar-refractivity contribution >= 4 is 11.6 Å². The molecule has 2 nitrogen and oxygen atoms in total. The van der Waals surface area contributed by atoms with Crippen molar-refractivity contribution in [1.82, 2.24) is 0 Å². The molecule has 1 aromatic rings. The molecule has 0 aliphatic heterocycles. The molecule has 0 unspecified atom stereocenters. The van der Waals surface area contributed by atoms with Crippen LogP contribution >= 0.6 is 11.6 Å². The molecule has 4 atom stereocenters. The molecule has 20 heavy (non-hydrogen) atoms. The van der Waals surface area contributed by atoms with Gasteiger partial charge in [0.2, 0.25) is 0 Å². The summed E-state index contributed by atoms with van der Waals surface area (Å²) in [6.45, 7) is 2.27. The highest BCUT2D eigenvalue weighted by atomic mass is 35.5. The molecule has 0 spiro atoms. The van der Waals surface area contributed by atoms with Crippen LogP contribution in [0.15, 0.2) is 18.2 Å². The van der Waals surface area contributed by atoms with Gasteiger partial charge in [0.15, 0.2) is 0 Å². The molecule has 0 bridgehead atoms. The predicted octanol–water partition coefficient (Wildman–Crippen LogP) is 4.48. The Kier molecular flexibility index (Phi) is 3.72. The molecule has 2 aliphatic carbocycles. The molecule has 3 rings (SSSR count). The van der Waals surface area contributed by atoms with Crippen molar-refractivity contribution in [2.24, 2.45) is 11.3 Å². The lowest BCUT2D eigenvalue weighted by atomic mass is 9.56. The van der Waals surface area contributed by atoms with E-state index in [2.05, 4.69) is 6.92 Å². The van der Waals surface area contributed by atoms with Crippen LogP contribution in [0.1, 0.15) is 56.9 Å². The van der Waals surface area contributed by atoms with Gasteiger partial charge in [0.25, 0.3) is 0 Å². The molecule has 0 amide bonds. The molecule has 2 N–H and O–H groups in total. The van der Waals surface area contributed by atoms with Gasteiger partial charge in [0, 0.05) is 0 Å². The highest BCUT2D eigenvalue weighted by Crippen LogP contribution is 2.54. The van der Waals surface area contributed by atoms with Crippen LogP contribution in [0.3, 0.4) is 0 Å². The van der Waals surface area contributed by atoms with Gasteiger partial charge in [-0.25, -0.2) is 0 Å². The largest absolute Gasteiger partial charge is 0.506 e. The fourth-order valence-corrected chi connectivity index (χ4v) is 4.46. The second kappa shape index (κ2) is 5.23. The van der Waals surface area contributed by atoms with Gasteiger partial charge in [-0.1, -0.05) is 31.0 Å². The first-order valence-electron chi connectivity index (χ1n) is 7.67. The van der Waals surface area contributed by atoms with Crippen LogP contribution in [0, 0.1) is 11.3 Å². The summed E-state index contributed by atoms with van der Waals surface area (Å²) in [7, 11) is 0. The standard InChI is InChI=1S/C17H23ClO2/c1-17-8-7-12(9-13(17)3-2-4-16(17)20)11-5-6-15(19)14(18)10-11/h5-6,10,12-13,16,19-20H,2-4,7-9H2,1H3/t12-,13-,16-,17-/m0/s1. The Labute approximate surface area is 125 Å². The monoisotopic (exact) mass is 294 g/mol. The zero-order valence-corrected chi connectivity index (χ0v) is 12.7. The average Bonchev–Trinajstić information content (AvgIpc) is 2.43. The number of rotatable bonds is 1. The number of benzene rings is 1. The maximum absolute atomic E-state index is 10.3. The van der Waals surface area contributed by atoms with Gasteiger partial charge in [-0.2, -0.15) is 0 Å². The zero-order chi connectivity index (χ0) is 14.3. The molecule has 3 heteroatoms. The Bertz CT molecular complexity index is 502. The maximum Gasteiger partial charge on any atom is 0.134 e. The quantitative estimate of drug-likeness (QED) is 0.801. The van der Waals surface area contributed by atoms with Crippen LogP contribution in [-0.2, 0) is 0 Å². The van der Waals surface area contributed by atoms with E-state index in [4.69, 9.17) is 11.6 Å². The van der Waals surface area contributed by atoms with Gasteiger partial charge in [-0.05, 0) is 67.1 Å². The lowest BCUT2D eigenvalue weighted by Crippen LogP contribution is -2.45. The number of phenolic OH excluding ortho intramolecular Hbond substituents is 1. The second-order valence-electron chi connectivity index (χ2n) is 6.83.